The van der Waals surface area contributed by atoms with Gasteiger partial charge < -0.3 is 10.1 Å². The van der Waals surface area contributed by atoms with E-state index in [1.54, 1.807) is 12.1 Å². The maximum Gasteiger partial charge on any atom is 0.160 e. The predicted octanol–water partition coefficient (Wildman–Crippen LogP) is 3.03. The molecule has 5 heteroatoms. The molecule has 2 heterocycles. The average Bonchev–Trinajstić information content (AvgIpc) is 2.92. The van der Waals surface area contributed by atoms with Gasteiger partial charge in [0.05, 0.1) is 13.5 Å². The highest BCUT2D eigenvalue weighted by Crippen LogP contribution is 2.28. The van der Waals surface area contributed by atoms with Gasteiger partial charge in [0.25, 0.3) is 0 Å². The minimum atomic E-state index is 0.195. The second-order valence-corrected chi connectivity index (χ2v) is 4.05. The summed E-state index contributed by atoms with van der Waals surface area (Å²) in [5, 5.41) is 18.9. The third-order valence-electron chi connectivity index (χ3n) is 2.83. The molecule has 0 amide bonds. The molecule has 20 heavy (non-hydrogen) atoms. The van der Waals surface area contributed by atoms with Gasteiger partial charge in [-0.25, -0.2) is 0 Å². The van der Waals surface area contributed by atoms with E-state index in [9.17, 15) is 5.11 Å². The Morgan fingerprint density at radius 1 is 1.15 bits per heavy atom. The van der Waals surface area contributed by atoms with Crippen molar-refractivity contribution in [3.63, 3.8) is 0 Å². The van der Waals surface area contributed by atoms with Crippen LogP contribution in [0.25, 0.3) is 22.3 Å². The summed E-state index contributed by atoms with van der Waals surface area (Å²) < 4.78 is 0. The van der Waals surface area contributed by atoms with Gasteiger partial charge in [-0.05, 0) is 30.6 Å². The molecule has 3 rings (SSSR count). The SMILES string of the molecule is CC.[B]Cc1cc2cc(-c3ccccc3O)nnc2[nH]1. The van der Waals surface area contributed by atoms with Gasteiger partial charge in [-0.3, -0.25) is 0 Å². The number of aromatic hydroxyl groups is 1. The van der Waals surface area contributed by atoms with E-state index < -0.39 is 0 Å². The lowest BCUT2D eigenvalue weighted by atomic mass is 10.0. The number of para-hydroxylation sites is 1. The van der Waals surface area contributed by atoms with Crippen LogP contribution in [-0.2, 0) is 6.32 Å². The van der Waals surface area contributed by atoms with E-state index in [-0.39, 0.29) is 5.75 Å². The molecule has 0 bridgehead atoms. The molecule has 2 N–H and O–H groups in total. The molecule has 100 valence electrons. The van der Waals surface area contributed by atoms with E-state index in [4.69, 9.17) is 7.85 Å². The Kier molecular flexibility index (Phi) is 4.40. The molecule has 3 aromatic rings. The van der Waals surface area contributed by atoms with Gasteiger partial charge in [0.2, 0.25) is 0 Å². The smallest absolute Gasteiger partial charge is 0.160 e. The molecule has 0 saturated carbocycles. The van der Waals surface area contributed by atoms with Crippen molar-refractivity contribution < 1.29 is 5.11 Å². The number of hydrogen-bond acceptors (Lipinski definition) is 3. The number of H-pyrrole nitrogens is 1. The lowest BCUT2D eigenvalue weighted by Crippen LogP contribution is -1.88. The van der Waals surface area contributed by atoms with Gasteiger partial charge in [0, 0.05) is 16.6 Å². The Bertz CT molecular complexity index is 709. The molecule has 0 atom stereocenters. The van der Waals surface area contributed by atoms with Gasteiger partial charge >= 0.3 is 0 Å². The maximum absolute atomic E-state index is 9.79. The van der Waals surface area contributed by atoms with Crippen molar-refractivity contribution >= 4 is 18.9 Å². The van der Waals surface area contributed by atoms with Crippen LogP contribution >= 0.6 is 0 Å². The summed E-state index contributed by atoms with van der Waals surface area (Å²) in [4.78, 5) is 3.08. The second-order valence-electron chi connectivity index (χ2n) is 4.05. The van der Waals surface area contributed by atoms with Crippen molar-refractivity contribution in [1.29, 1.82) is 0 Å². The normalized spacial score (nSPS) is 10.1. The summed E-state index contributed by atoms with van der Waals surface area (Å²) in [5.74, 6) is 0.195. The first kappa shape index (κ1) is 14.1. The Labute approximate surface area is 119 Å². The van der Waals surface area contributed by atoms with Crippen LogP contribution in [0.3, 0.4) is 0 Å². The minimum absolute atomic E-state index is 0.195. The standard InChI is InChI=1S/C13H10BN3O.C2H6/c14-7-9-5-8-6-11(16-17-13(8)15-9)10-3-1-2-4-12(10)18;1-2/h1-6,18H,7H2,(H,15,17);1-2H3. The van der Waals surface area contributed by atoms with Crippen molar-refractivity contribution in [2.45, 2.75) is 20.2 Å². The highest BCUT2D eigenvalue weighted by atomic mass is 16.3. The zero-order valence-corrected chi connectivity index (χ0v) is 11.6. The Balaban J connectivity index is 0.000000704. The number of phenolic OH excluding ortho intramolecular Hbond substituents is 1. The highest BCUT2D eigenvalue weighted by Gasteiger charge is 2.08. The minimum Gasteiger partial charge on any atom is -0.507 e. The van der Waals surface area contributed by atoms with E-state index in [1.807, 2.05) is 38.1 Å². The topological polar surface area (TPSA) is 61.8 Å². The molecular weight excluding hydrogens is 249 g/mol. The quantitative estimate of drug-likeness (QED) is 0.700. The number of rotatable bonds is 2. The van der Waals surface area contributed by atoms with Crippen LogP contribution in [0, 0.1) is 0 Å². The molecular formula is C15H16BN3O. The first-order valence-corrected chi connectivity index (χ1v) is 6.61. The summed E-state index contributed by atoms with van der Waals surface area (Å²) in [6, 6.07) is 10.9. The summed E-state index contributed by atoms with van der Waals surface area (Å²) in [6.45, 7) is 4.00. The van der Waals surface area contributed by atoms with E-state index in [1.165, 1.54) is 0 Å². The third-order valence-corrected chi connectivity index (χ3v) is 2.83. The monoisotopic (exact) mass is 265 g/mol. The molecule has 1 aromatic carbocycles. The summed E-state index contributed by atoms with van der Waals surface area (Å²) in [7, 11) is 5.57. The number of hydrogen-bond donors (Lipinski definition) is 2. The lowest BCUT2D eigenvalue weighted by Gasteiger charge is -2.02. The van der Waals surface area contributed by atoms with Gasteiger partial charge in [0.15, 0.2) is 5.65 Å². The first-order chi connectivity index (χ1) is 9.78. The summed E-state index contributed by atoms with van der Waals surface area (Å²) in [6.07, 6.45) is 0.433. The first-order valence-electron chi connectivity index (χ1n) is 6.61. The average molecular weight is 265 g/mol. The Hall–Kier alpha value is -2.30. The van der Waals surface area contributed by atoms with E-state index in [0.717, 1.165) is 11.1 Å². The van der Waals surface area contributed by atoms with Gasteiger partial charge in [-0.2, -0.15) is 0 Å². The molecule has 0 saturated heterocycles. The molecule has 2 aromatic heterocycles. The van der Waals surface area contributed by atoms with Crippen LogP contribution in [0.15, 0.2) is 36.4 Å². The van der Waals surface area contributed by atoms with Crippen LogP contribution in [0.2, 0.25) is 0 Å². The van der Waals surface area contributed by atoms with Crippen LogP contribution in [0.5, 0.6) is 5.75 Å². The second kappa shape index (κ2) is 6.24. The number of fused-ring (bicyclic) bond motifs is 1. The fraction of sp³-hybridized carbons (Fsp3) is 0.200. The maximum atomic E-state index is 9.79. The van der Waals surface area contributed by atoms with Crippen molar-refractivity contribution in [1.82, 2.24) is 15.2 Å². The Morgan fingerprint density at radius 2 is 1.90 bits per heavy atom. The van der Waals surface area contributed by atoms with Gasteiger partial charge in [-0.15, -0.1) is 10.2 Å². The fourth-order valence-electron chi connectivity index (χ4n) is 1.92. The predicted molar refractivity (Wildman–Crippen MR) is 81.8 cm³/mol. The third kappa shape index (κ3) is 2.66. The number of aromatic amines is 1. The molecule has 0 aliphatic carbocycles. The van der Waals surface area contributed by atoms with E-state index in [0.29, 0.717) is 23.2 Å². The van der Waals surface area contributed by atoms with E-state index >= 15 is 0 Å². The molecule has 0 fully saturated rings. The lowest BCUT2D eigenvalue weighted by molar-refractivity contribution is 0.477. The van der Waals surface area contributed by atoms with Crippen molar-refractivity contribution in [3.8, 4) is 17.0 Å². The van der Waals surface area contributed by atoms with Crippen LogP contribution in [0.4, 0.5) is 0 Å². The largest absolute Gasteiger partial charge is 0.507 e. The van der Waals surface area contributed by atoms with Crippen molar-refractivity contribution in [2.75, 3.05) is 0 Å². The van der Waals surface area contributed by atoms with Crippen molar-refractivity contribution in [3.05, 3.63) is 42.1 Å². The molecule has 0 spiro atoms. The molecule has 4 nitrogen and oxygen atoms in total. The number of aromatic nitrogens is 3. The van der Waals surface area contributed by atoms with Gasteiger partial charge in [0.1, 0.15) is 5.75 Å². The van der Waals surface area contributed by atoms with Crippen LogP contribution < -0.4 is 0 Å². The molecule has 2 radical (unpaired) electrons. The zero-order valence-electron chi connectivity index (χ0n) is 11.6. The molecule has 0 aliphatic rings. The summed E-state index contributed by atoms with van der Waals surface area (Å²) in [5.41, 5.74) is 2.92. The van der Waals surface area contributed by atoms with Crippen LogP contribution in [0.1, 0.15) is 19.5 Å². The van der Waals surface area contributed by atoms with Crippen LogP contribution in [-0.4, -0.2) is 28.1 Å². The summed E-state index contributed by atoms with van der Waals surface area (Å²) >= 11 is 0. The van der Waals surface area contributed by atoms with Crippen molar-refractivity contribution in [2.24, 2.45) is 0 Å². The molecule has 0 unspecified atom stereocenters. The number of benzene rings is 1. The highest BCUT2D eigenvalue weighted by molar-refractivity contribution is 6.08. The fourth-order valence-corrected chi connectivity index (χ4v) is 1.92. The zero-order chi connectivity index (χ0) is 14.5. The number of nitrogens with one attached hydrogen (secondary N) is 1. The number of phenols is 1. The Morgan fingerprint density at radius 3 is 2.60 bits per heavy atom. The molecule has 0 aliphatic heterocycles. The number of nitrogens with zero attached hydrogens (tertiary/aromatic N) is 2. The van der Waals surface area contributed by atoms with E-state index in [2.05, 4.69) is 15.2 Å². The van der Waals surface area contributed by atoms with Gasteiger partial charge in [-0.1, -0.05) is 26.0 Å².